The van der Waals surface area contributed by atoms with Crippen molar-refractivity contribution in [2.45, 2.75) is 23.1 Å². The van der Waals surface area contributed by atoms with Crippen molar-refractivity contribution in [3.63, 3.8) is 0 Å². The van der Waals surface area contributed by atoms with E-state index in [1.807, 2.05) is 0 Å². The number of nitrogens with zero attached hydrogens (tertiary/aromatic N) is 1. The van der Waals surface area contributed by atoms with E-state index >= 15 is 0 Å². The molecule has 0 spiro atoms. The predicted molar refractivity (Wildman–Crippen MR) is 77.3 cm³/mol. The van der Waals surface area contributed by atoms with Gasteiger partial charge in [-0.1, -0.05) is 12.1 Å². The van der Waals surface area contributed by atoms with Crippen LogP contribution in [0.1, 0.15) is 6.92 Å². The average molecular weight is 320 g/mol. The predicted octanol–water partition coefficient (Wildman–Crippen LogP) is 0.985. The lowest BCUT2D eigenvalue weighted by Gasteiger charge is -2.21. The van der Waals surface area contributed by atoms with Gasteiger partial charge in [-0.3, -0.25) is 10.1 Å². The molecule has 0 amide bonds. The van der Waals surface area contributed by atoms with Gasteiger partial charge < -0.3 is 5.11 Å². The molecule has 0 aliphatic rings. The minimum Gasteiger partial charge on any atom is -0.395 e. The highest BCUT2D eigenvalue weighted by Crippen LogP contribution is 2.23. The molecule has 1 aromatic carbocycles. The molecule has 2 atom stereocenters. The lowest BCUT2D eigenvalue weighted by atomic mass is 10.3. The van der Waals surface area contributed by atoms with Crippen LogP contribution in [0.15, 0.2) is 29.2 Å². The van der Waals surface area contributed by atoms with Crippen molar-refractivity contribution in [2.24, 2.45) is 0 Å². The van der Waals surface area contributed by atoms with Crippen molar-refractivity contribution in [1.29, 1.82) is 0 Å². The molecule has 0 unspecified atom stereocenters. The summed E-state index contributed by atoms with van der Waals surface area (Å²) >= 11 is 1.31. The van der Waals surface area contributed by atoms with Crippen LogP contribution in [0.2, 0.25) is 0 Å². The van der Waals surface area contributed by atoms with Crippen LogP contribution in [0.5, 0.6) is 0 Å². The number of benzene rings is 1. The molecule has 0 saturated heterocycles. The number of thioether (sulfide) groups is 1. The summed E-state index contributed by atoms with van der Waals surface area (Å²) in [5.41, 5.74) is -0.475. The van der Waals surface area contributed by atoms with E-state index in [1.165, 1.54) is 30.0 Å². The second kappa shape index (κ2) is 7.02. The van der Waals surface area contributed by atoms with Crippen LogP contribution in [-0.4, -0.2) is 42.6 Å². The molecule has 112 valence electrons. The number of nitro groups is 1. The molecule has 0 aliphatic heterocycles. The Balaban J connectivity index is 3.09. The Hall–Kier alpha value is -1.16. The van der Waals surface area contributed by atoms with Crippen LogP contribution in [0.3, 0.4) is 0 Å². The van der Waals surface area contributed by atoms with Crippen LogP contribution >= 0.6 is 11.8 Å². The van der Waals surface area contributed by atoms with Gasteiger partial charge in [-0.15, -0.1) is 0 Å². The SMILES string of the molecule is CS[C@H](CO)[C@H](C)NS(=O)(=O)c1ccccc1[N+](=O)[O-]. The molecule has 20 heavy (non-hydrogen) atoms. The van der Waals surface area contributed by atoms with E-state index in [2.05, 4.69) is 4.72 Å². The van der Waals surface area contributed by atoms with Crippen LogP contribution in [-0.2, 0) is 10.0 Å². The Morgan fingerprint density at radius 3 is 2.55 bits per heavy atom. The topological polar surface area (TPSA) is 110 Å². The largest absolute Gasteiger partial charge is 0.395 e. The molecule has 0 fully saturated rings. The van der Waals surface area contributed by atoms with E-state index in [0.717, 1.165) is 6.07 Å². The number of hydrogen-bond acceptors (Lipinski definition) is 6. The van der Waals surface area contributed by atoms with Gasteiger partial charge in [-0.2, -0.15) is 11.8 Å². The third-order valence-electron chi connectivity index (χ3n) is 2.73. The normalized spacial score (nSPS) is 14.8. The van der Waals surface area contributed by atoms with Crippen LogP contribution in [0.4, 0.5) is 5.69 Å². The fourth-order valence-corrected chi connectivity index (χ4v) is 3.82. The zero-order valence-corrected chi connectivity index (χ0v) is 12.6. The number of hydrogen-bond donors (Lipinski definition) is 2. The highest BCUT2D eigenvalue weighted by molar-refractivity contribution is 7.99. The minimum atomic E-state index is -4.02. The van der Waals surface area contributed by atoms with Crippen molar-refractivity contribution in [2.75, 3.05) is 12.9 Å². The maximum absolute atomic E-state index is 12.2. The first-order valence-corrected chi connectivity index (χ1v) is 8.50. The Bertz CT molecular complexity index is 572. The minimum absolute atomic E-state index is 0.193. The van der Waals surface area contributed by atoms with Gasteiger partial charge >= 0.3 is 0 Å². The molecule has 0 aliphatic carbocycles. The second-order valence-electron chi connectivity index (χ2n) is 4.09. The number of para-hydroxylation sites is 1. The van der Waals surface area contributed by atoms with Crippen molar-refractivity contribution in [3.05, 3.63) is 34.4 Å². The Morgan fingerprint density at radius 1 is 1.45 bits per heavy atom. The molecule has 7 nitrogen and oxygen atoms in total. The van der Waals surface area contributed by atoms with Gasteiger partial charge in [0.25, 0.3) is 5.69 Å². The van der Waals surface area contributed by atoms with Gasteiger partial charge in [-0.05, 0) is 19.2 Å². The molecule has 0 saturated carbocycles. The third-order valence-corrected chi connectivity index (χ3v) is 5.50. The van der Waals surface area contributed by atoms with E-state index in [1.54, 1.807) is 13.2 Å². The van der Waals surface area contributed by atoms with Gasteiger partial charge in [0.1, 0.15) is 0 Å². The number of nitro benzene ring substituents is 1. The summed E-state index contributed by atoms with van der Waals surface area (Å²) in [6.07, 6.45) is 1.75. The zero-order valence-electron chi connectivity index (χ0n) is 11.0. The number of sulfonamides is 1. The van der Waals surface area contributed by atoms with E-state index in [4.69, 9.17) is 5.11 Å². The van der Waals surface area contributed by atoms with Gasteiger partial charge in [0.05, 0.1) is 11.5 Å². The summed E-state index contributed by atoms with van der Waals surface area (Å²) in [5.74, 6) is 0. The summed E-state index contributed by atoms with van der Waals surface area (Å²) in [7, 11) is -4.02. The molecule has 0 aromatic heterocycles. The van der Waals surface area contributed by atoms with Gasteiger partial charge in [0.15, 0.2) is 4.90 Å². The highest BCUT2D eigenvalue weighted by atomic mass is 32.2. The molecule has 9 heteroatoms. The molecule has 0 heterocycles. The second-order valence-corrected chi connectivity index (χ2v) is 6.85. The number of nitrogens with one attached hydrogen (secondary N) is 1. The van der Waals surface area contributed by atoms with Crippen molar-refractivity contribution in [3.8, 4) is 0 Å². The lowest BCUT2D eigenvalue weighted by Crippen LogP contribution is -2.41. The summed E-state index contributed by atoms with van der Waals surface area (Å²) in [5, 5.41) is 19.7. The van der Waals surface area contributed by atoms with Gasteiger partial charge in [0.2, 0.25) is 10.0 Å². The molecule has 1 rings (SSSR count). The Kier molecular flexibility index (Phi) is 5.93. The maximum atomic E-state index is 12.2. The van der Waals surface area contributed by atoms with Gasteiger partial charge in [-0.25, -0.2) is 13.1 Å². The van der Waals surface area contributed by atoms with Crippen LogP contribution in [0.25, 0.3) is 0 Å². The number of aliphatic hydroxyl groups is 1. The van der Waals surface area contributed by atoms with E-state index in [0.29, 0.717) is 0 Å². The molecular weight excluding hydrogens is 304 g/mol. The molecular formula is C11H16N2O5S2. The van der Waals surface area contributed by atoms with Gasteiger partial charge in [0, 0.05) is 17.4 Å². The van der Waals surface area contributed by atoms with Crippen LogP contribution in [0, 0.1) is 10.1 Å². The third kappa shape index (κ3) is 3.92. The lowest BCUT2D eigenvalue weighted by molar-refractivity contribution is -0.387. The Morgan fingerprint density at radius 2 is 2.05 bits per heavy atom. The summed E-state index contributed by atoms with van der Waals surface area (Å²) in [6.45, 7) is 1.41. The summed E-state index contributed by atoms with van der Waals surface area (Å²) in [6, 6.07) is 4.58. The van der Waals surface area contributed by atoms with E-state index < -0.39 is 26.7 Å². The first-order chi connectivity index (χ1) is 9.33. The van der Waals surface area contributed by atoms with E-state index in [-0.39, 0.29) is 16.8 Å². The monoisotopic (exact) mass is 320 g/mol. The van der Waals surface area contributed by atoms with Crippen LogP contribution < -0.4 is 4.72 Å². The quantitative estimate of drug-likeness (QED) is 0.572. The standard InChI is InChI=1S/C11H16N2O5S2/c1-8(10(7-14)19-2)12-20(17,18)11-6-4-3-5-9(11)13(15)16/h3-6,8,10,12,14H,7H2,1-2H3/t8-,10+/m0/s1. The highest BCUT2D eigenvalue weighted by Gasteiger charge is 2.28. The fourth-order valence-electron chi connectivity index (χ4n) is 1.66. The average Bonchev–Trinajstić information content (AvgIpc) is 2.39. The summed E-state index contributed by atoms with van der Waals surface area (Å²) < 4.78 is 26.8. The summed E-state index contributed by atoms with van der Waals surface area (Å²) in [4.78, 5) is 9.75. The number of rotatable bonds is 7. The zero-order chi connectivity index (χ0) is 15.3. The smallest absolute Gasteiger partial charge is 0.289 e. The first kappa shape index (κ1) is 16.9. The van der Waals surface area contributed by atoms with E-state index in [9.17, 15) is 18.5 Å². The number of aliphatic hydroxyl groups excluding tert-OH is 1. The van der Waals surface area contributed by atoms with Crippen molar-refractivity contribution in [1.82, 2.24) is 4.72 Å². The maximum Gasteiger partial charge on any atom is 0.289 e. The molecule has 2 N–H and O–H groups in total. The molecule has 0 radical (unpaired) electrons. The van der Waals surface area contributed by atoms with Crippen molar-refractivity contribution < 1.29 is 18.4 Å². The Labute approximate surface area is 121 Å². The van der Waals surface area contributed by atoms with Crippen molar-refractivity contribution >= 4 is 27.5 Å². The molecule has 1 aromatic rings. The molecule has 0 bridgehead atoms. The fraction of sp³-hybridized carbons (Fsp3) is 0.455. The first-order valence-electron chi connectivity index (χ1n) is 5.73.